The van der Waals surface area contributed by atoms with Crippen LogP contribution in [0.3, 0.4) is 0 Å². The maximum Gasteiger partial charge on any atom is 0.522 e. The first-order chi connectivity index (χ1) is 7.22. The molecule has 0 fully saturated rings. The van der Waals surface area contributed by atoms with Crippen molar-refractivity contribution < 1.29 is 26.1 Å². The predicted octanol–water partition coefficient (Wildman–Crippen LogP) is 1.94. The second kappa shape index (κ2) is 4.22. The van der Waals surface area contributed by atoms with Crippen molar-refractivity contribution in [3.63, 3.8) is 0 Å². The van der Waals surface area contributed by atoms with Crippen LogP contribution in [0.4, 0.5) is 19.0 Å². The fourth-order valence-corrected chi connectivity index (χ4v) is 0.788. The topological polar surface area (TPSA) is 84.0 Å². The minimum absolute atomic E-state index is 0.697. The summed E-state index contributed by atoms with van der Waals surface area (Å²) in [5.74, 6) is 0.963. The molecule has 0 amide bonds. The molecular formula is C6H6F3N3O3S. The van der Waals surface area contributed by atoms with Gasteiger partial charge in [-0.15, -0.1) is 5.11 Å². The first-order valence-electron chi connectivity index (χ1n) is 3.78. The Morgan fingerprint density at radius 2 is 2.00 bits per heavy atom. The van der Waals surface area contributed by atoms with Gasteiger partial charge in [0.25, 0.3) is 0 Å². The highest BCUT2D eigenvalue weighted by Gasteiger charge is 2.44. The summed E-state index contributed by atoms with van der Waals surface area (Å²) in [5, 5.41) is 7.65. The first-order valence-corrected chi connectivity index (χ1v) is 5.22. The van der Waals surface area contributed by atoms with Gasteiger partial charge in [-0.1, -0.05) is 0 Å². The third-order valence-corrected chi connectivity index (χ3v) is 2.07. The summed E-state index contributed by atoms with van der Waals surface area (Å²) in [4.78, 5) is 0. The maximum absolute atomic E-state index is 10.7. The Hall–Kier alpha value is -1.42. The Kier molecular flexibility index (Phi) is 3.33. The number of hydrogen-bond donors (Lipinski definition) is 1. The molecule has 1 aliphatic heterocycles. The third kappa shape index (κ3) is 3.03. The third-order valence-electron chi connectivity index (χ3n) is 1.49. The lowest BCUT2D eigenvalue weighted by atomic mass is 10.6. The highest BCUT2D eigenvalue weighted by atomic mass is 32.2. The molecule has 0 aromatic carbocycles. The van der Waals surface area contributed by atoms with E-state index in [1.165, 1.54) is 0 Å². The van der Waals surface area contributed by atoms with Crippen molar-refractivity contribution in [3.05, 3.63) is 18.3 Å². The van der Waals surface area contributed by atoms with Gasteiger partial charge in [-0.2, -0.15) is 26.7 Å². The highest BCUT2D eigenvalue weighted by molar-refractivity contribution is 7.86. The minimum Gasteiger partial charge on any atom is -0.310 e. The van der Waals surface area contributed by atoms with Crippen LogP contribution in [0.1, 0.15) is 0 Å². The summed E-state index contributed by atoms with van der Waals surface area (Å²) in [6.07, 6.45) is 1.97. The number of halogens is 3. The minimum atomic E-state index is -5.84. The molecule has 0 bridgehead atoms. The van der Waals surface area contributed by atoms with Gasteiger partial charge in [0.05, 0.1) is 0 Å². The van der Waals surface area contributed by atoms with Gasteiger partial charge in [-0.05, 0) is 12.1 Å². The van der Waals surface area contributed by atoms with E-state index in [1.54, 1.807) is 0 Å². The van der Waals surface area contributed by atoms with Crippen molar-refractivity contribution in [2.24, 2.45) is 10.2 Å². The summed E-state index contributed by atoms with van der Waals surface area (Å²) >= 11 is 0. The van der Waals surface area contributed by atoms with Crippen molar-refractivity contribution in [3.8, 4) is 0 Å². The smallest absolute Gasteiger partial charge is 0.310 e. The van der Waals surface area contributed by atoms with Gasteiger partial charge < -0.3 is 4.57 Å². The highest BCUT2D eigenvalue weighted by Crippen LogP contribution is 2.20. The molecule has 0 saturated heterocycles. The number of aromatic nitrogens is 1. The molecule has 10 heteroatoms. The number of fused-ring (bicyclic) bond motifs is 1. The van der Waals surface area contributed by atoms with Gasteiger partial charge in [0.15, 0.2) is 5.82 Å². The van der Waals surface area contributed by atoms with Gasteiger partial charge in [0.2, 0.25) is 0 Å². The number of nitrogens with zero attached hydrogens (tertiary/aromatic N) is 3. The van der Waals surface area contributed by atoms with Crippen LogP contribution in [-0.2, 0) is 16.8 Å². The molecule has 1 aromatic rings. The van der Waals surface area contributed by atoms with Crippen molar-refractivity contribution in [1.82, 2.24) is 4.57 Å². The summed E-state index contributed by atoms with van der Waals surface area (Å²) < 4.78 is 59.5. The fourth-order valence-electron chi connectivity index (χ4n) is 0.788. The van der Waals surface area contributed by atoms with E-state index in [-0.39, 0.29) is 0 Å². The lowest BCUT2D eigenvalue weighted by Gasteiger charge is -1.97. The molecule has 1 N–H and O–H groups in total. The molecule has 1 aliphatic rings. The quantitative estimate of drug-likeness (QED) is 0.569. The fraction of sp³-hybridized carbons (Fsp3) is 0.333. The number of hydrogen-bond acceptors (Lipinski definition) is 4. The average Bonchev–Trinajstić information content (AvgIpc) is 2.58. The standard InChI is InChI=1S/C5H5N3.CHF3O3S/c1-2-5-7-6-4-8(5)3-1;2-1(3,4)8(5,6)7/h1-3H,4H2;(H,5,6,7). The van der Waals surface area contributed by atoms with E-state index >= 15 is 0 Å². The van der Waals surface area contributed by atoms with Crippen LogP contribution in [0.15, 0.2) is 28.6 Å². The molecular weight excluding hydrogens is 251 g/mol. The summed E-state index contributed by atoms with van der Waals surface area (Å²) in [6, 6.07) is 3.91. The molecule has 0 radical (unpaired) electrons. The van der Waals surface area contributed by atoms with E-state index in [2.05, 4.69) is 10.2 Å². The molecule has 0 spiro atoms. The van der Waals surface area contributed by atoms with Gasteiger partial charge in [-0.3, -0.25) is 4.55 Å². The Morgan fingerprint density at radius 1 is 1.44 bits per heavy atom. The zero-order chi connectivity index (χ0) is 12.4. The molecule has 2 rings (SSSR count). The number of azo groups is 1. The lowest BCUT2D eigenvalue weighted by Crippen LogP contribution is -2.21. The summed E-state index contributed by atoms with van der Waals surface area (Å²) in [7, 11) is -5.84. The van der Waals surface area contributed by atoms with Crippen LogP contribution in [0.25, 0.3) is 0 Å². The largest absolute Gasteiger partial charge is 0.522 e. The Balaban J connectivity index is 0.000000160. The second-order valence-corrected chi connectivity index (χ2v) is 4.05. The predicted molar refractivity (Wildman–Crippen MR) is 46.6 cm³/mol. The second-order valence-electron chi connectivity index (χ2n) is 2.64. The van der Waals surface area contributed by atoms with Crippen molar-refractivity contribution in [2.75, 3.05) is 0 Å². The summed E-state index contributed by atoms with van der Waals surface area (Å²) in [5.41, 5.74) is -5.53. The van der Waals surface area contributed by atoms with Crippen LogP contribution in [-0.4, -0.2) is 23.0 Å². The number of alkyl halides is 3. The Bertz CT molecular complexity index is 491. The monoisotopic (exact) mass is 257 g/mol. The molecule has 16 heavy (non-hydrogen) atoms. The maximum atomic E-state index is 10.7. The lowest BCUT2D eigenvalue weighted by molar-refractivity contribution is -0.0510. The van der Waals surface area contributed by atoms with Crippen LogP contribution in [0.5, 0.6) is 0 Å². The van der Waals surface area contributed by atoms with Crippen molar-refractivity contribution >= 4 is 15.9 Å². The van der Waals surface area contributed by atoms with Crippen molar-refractivity contribution in [2.45, 2.75) is 12.2 Å². The van der Waals surface area contributed by atoms with Crippen LogP contribution in [0, 0.1) is 0 Å². The van der Waals surface area contributed by atoms with Crippen LogP contribution < -0.4 is 0 Å². The zero-order valence-electron chi connectivity index (χ0n) is 7.59. The number of rotatable bonds is 0. The zero-order valence-corrected chi connectivity index (χ0v) is 8.40. The van der Waals surface area contributed by atoms with Gasteiger partial charge in [-0.25, -0.2) is 0 Å². The molecule has 90 valence electrons. The Morgan fingerprint density at radius 3 is 2.44 bits per heavy atom. The van der Waals surface area contributed by atoms with E-state index in [0.29, 0.717) is 6.67 Å². The van der Waals surface area contributed by atoms with Crippen LogP contribution in [0.2, 0.25) is 0 Å². The molecule has 2 heterocycles. The first kappa shape index (κ1) is 12.6. The van der Waals surface area contributed by atoms with Gasteiger partial charge in [0, 0.05) is 6.20 Å². The molecule has 6 nitrogen and oxygen atoms in total. The van der Waals surface area contributed by atoms with E-state index in [0.717, 1.165) is 5.82 Å². The van der Waals surface area contributed by atoms with E-state index in [1.807, 2.05) is 22.9 Å². The normalized spacial score (nSPS) is 14.2. The molecule has 0 unspecified atom stereocenters. The van der Waals surface area contributed by atoms with E-state index in [9.17, 15) is 13.2 Å². The SMILES string of the molecule is O=S(=O)(O)C(F)(F)F.c1cc2n(c1)CN=N2. The molecule has 0 aliphatic carbocycles. The average molecular weight is 257 g/mol. The van der Waals surface area contributed by atoms with Gasteiger partial charge in [0.1, 0.15) is 6.67 Å². The molecule has 1 aromatic heterocycles. The van der Waals surface area contributed by atoms with E-state index < -0.39 is 15.6 Å². The van der Waals surface area contributed by atoms with Crippen molar-refractivity contribution in [1.29, 1.82) is 0 Å². The van der Waals surface area contributed by atoms with Gasteiger partial charge >= 0.3 is 15.6 Å². The molecule has 0 saturated carbocycles. The Labute approximate surface area is 88.2 Å². The molecule has 0 atom stereocenters. The summed E-state index contributed by atoms with van der Waals surface area (Å²) in [6.45, 7) is 0.697. The van der Waals surface area contributed by atoms with E-state index in [4.69, 9.17) is 13.0 Å². The van der Waals surface area contributed by atoms with Crippen LogP contribution >= 0.6 is 0 Å².